The van der Waals surface area contributed by atoms with E-state index in [1.54, 1.807) is 18.2 Å². The van der Waals surface area contributed by atoms with Crippen LogP contribution in [0.4, 0.5) is 5.69 Å². The van der Waals surface area contributed by atoms with Gasteiger partial charge in [-0.3, -0.25) is 4.72 Å². The lowest BCUT2D eigenvalue weighted by Crippen LogP contribution is -2.13. The molecule has 30 heavy (non-hydrogen) atoms. The molecule has 4 rings (SSSR count). The number of hydrogen-bond donors (Lipinski definition) is 1. The maximum Gasteiger partial charge on any atom is 0.261 e. The standard InChI is InChI=1S/C23H20N4O2S/c1-27-22-11-3-2-10-21(22)25-23(27)13-12-17-6-4-8-19(14-17)26-30(28,29)20-9-5-7-18(15-20)16-24/h2-11,14-15,26H,12-13H2,1H3. The number of rotatable bonds is 6. The Kier molecular flexibility index (Phi) is 5.25. The first-order chi connectivity index (χ1) is 14.5. The first kappa shape index (κ1) is 19.7. The van der Waals surface area contributed by atoms with Crippen LogP contribution in [0.25, 0.3) is 11.0 Å². The zero-order valence-electron chi connectivity index (χ0n) is 16.4. The molecule has 150 valence electrons. The highest BCUT2D eigenvalue weighted by Gasteiger charge is 2.15. The minimum absolute atomic E-state index is 0.0617. The van der Waals surface area contributed by atoms with Gasteiger partial charge >= 0.3 is 0 Å². The molecular weight excluding hydrogens is 396 g/mol. The number of aromatic nitrogens is 2. The van der Waals surface area contributed by atoms with E-state index in [0.29, 0.717) is 11.3 Å². The smallest absolute Gasteiger partial charge is 0.261 e. The average molecular weight is 417 g/mol. The van der Waals surface area contributed by atoms with Crippen molar-refractivity contribution >= 4 is 26.7 Å². The normalized spacial score (nSPS) is 11.3. The Balaban J connectivity index is 1.51. The molecule has 0 unspecified atom stereocenters. The van der Waals surface area contributed by atoms with Crippen molar-refractivity contribution in [3.8, 4) is 6.07 Å². The van der Waals surface area contributed by atoms with Crippen molar-refractivity contribution in [2.75, 3.05) is 4.72 Å². The molecule has 1 heterocycles. The molecule has 0 saturated carbocycles. The molecule has 0 atom stereocenters. The Morgan fingerprint density at radius 2 is 1.80 bits per heavy atom. The fraction of sp³-hybridized carbons (Fsp3) is 0.130. The number of fused-ring (bicyclic) bond motifs is 1. The van der Waals surface area contributed by atoms with Crippen molar-refractivity contribution in [2.24, 2.45) is 7.05 Å². The molecule has 4 aromatic rings. The van der Waals surface area contributed by atoms with Gasteiger partial charge in [-0.15, -0.1) is 0 Å². The molecule has 0 aliphatic rings. The van der Waals surface area contributed by atoms with Gasteiger partial charge in [0, 0.05) is 19.2 Å². The van der Waals surface area contributed by atoms with E-state index in [2.05, 4.69) is 9.29 Å². The Labute approximate surface area is 175 Å². The van der Waals surface area contributed by atoms with E-state index in [0.717, 1.165) is 35.3 Å². The third kappa shape index (κ3) is 4.04. The molecule has 3 aromatic carbocycles. The lowest BCUT2D eigenvalue weighted by atomic mass is 10.1. The Morgan fingerprint density at radius 1 is 1.00 bits per heavy atom. The number of sulfonamides is 1. The van der Waals surface area contributed by atoms with Crippen LogP contribution in [-0.2, 0) is 29.9 Å². The fourth-order valence-corrected chi connectivity index (χ4v) is 4.51. The quantitative estimate of drug-likeness (QED) is 0.514. The molecule has 0 aliphatic heterocycles. The summed E-state index contributed by atoms with van der Waals surface area (Å²) in [7, 11) is -1.77. The highest BCUT2D eigenvalue weighted by atomic mass is 32.2. The molecule has 0 radical (unpaired) electrons. The summed E-state index contributed by atoms with van der Waals surface area (Å²) in [6.45, 7) is 0. The van der Waals surface area contributed by atoms with Crippen molar-refractivity contribution in [1.29, 1.82) is 5.26 Å². The number of aryl methyl sites for hydroxylation is 3. The molecule has 7 heteroatoms. The molecule has 0 saturated heterocycles. The summed E-state index contributed by atoms with van der Waals surface area (Å²) in [5.74, 6) is 0.982. The second-order valence-electron chi connectivity index (χ2n) is 7.02. The first-order valence-corrected chi connectivity index (χ1v) is 11.0. The van der Waals surface area contributed by atoms with E-state index >= 15 is 0 Å². The van der Waals surface area contributed by atoms with Crippen molar-refractivity contribution in [2.45, 2.75) is 17.7 Å². The molecule has 0 fully saturated rings. The number of nitrogens with zero attached hydrogens (tertiary/aromatic N) is 3. The van der Waals surface area contributed by atoms with Gasteiger partial charge in [-0.25, -0.2) is 13.4 Å². The summed E-state index contributed by atoms with van der Waals surface area (Å²) in [6, 6.07) is 23.3. The van der Waals surface area contributed by atoms with Crippen LogP contribution >= 0.6 is 0 Å². The highest BCUT2D eigenvalue weighted by molar-refractivity contribution is 7.92. The van der Waals surface area contributed by atoms with E-state index in [4.69, 9.17) is 10.2 Å². The van der Waals surface area contributed by atoms with Gasteiger partial charge in [-0.05, 0) is 54.4 Å². The highest BCUT2D eigenvalue weighted by Crippen LogP contribution is 2.20. The largest absolute Gasteiger partial charge is 0.331 e. The van der Waals surface area contributed by atoms with E-state index in [1.165, 1.54) is 12.1 Å². The minimum Gasteiger partial charge on any atom is -0.331 e. The van der Waals surface area contributed by atoms with Crippen molar-refractivity contribution < 1.29 is 8.42 Å². The van der Waals surface area contributed by atoms with Crippen LogP contribution < -0.4 is 4.72 Å². The molecule has 1 N–H and O–H groups in total. The van der Waals surface area contributed by atoms with Crippen LogP contribution in [0, 0.1) is 11.3 Å². The second kappa shape index (κ2) is 8.01. The lowest BCUT2D eigenvalue weighted by molar-refractivity contribution is 0.601. The Hall–Kier alpha value is -3.63. The van der Waals surface area contributed by atoms with Gasteiger partial charge in [0.05, 0.1) is 27.6 Å². The summed E-state index contributed by atoms with van der Waals surface area (Å²) in [5.41, 5.74) is 3.85. The number of nitrogens with one attached hydrogen (secondary N) is 1. The zero-order valence-corrected chi connectivity index (χ0v) is 17.2. The van der Waals surface area contributed by atoms with Gasteiger partial charge in [-0.2, -0.15) is 5.26 Å². The molecular formula is C23H20N4O2S. The van der Waals surface area contributed by atoms with E-state index < -0.39 is 10.0 Å². The summed E-state index contributed by atoms with van der Waals surface area (Å²) in [4.78, 5) is 4.75. The molecule has 0 amide bonds. The van der Waals surface area contributed by atoms with Crippen LogP contribution in [0.2, 0.25) is 0 Å². The molecule has 6 nitrogen and oxygen atoms in total. The van der Waals surface area contributed by atoms with Gasteiger partial charge in [0.25, 0.3) is 10.0 Å². The third-order valence-electron chi connectivity index (χ3n) is 4.97. The number of anilines is 1. The summed E-state index contributed by atoms with van der Waals surface area (Å²) < 4.78 is 30.0. The number of benzene rings is 3. The number of para-hydroxylation sites is 2. The number of nitriles is 1. The van der Waals surface area contributed by atoms with Gasteiger partial charge in [0.2, 0.25) is 0 Å². The minimum atomic E-state index is -3.77. The number of imidazole rings is 1. The average Bonchev–Trinajstić information content (AvgIpc) is 3.08. The van der Waals surface area contributed by atoms with Crippen molar-refractivity contribution in [1.82, 2.24) is 9.55 Å². The summed E-state index contributed by atoms with van der Waals surface area (Å²) in [5, 5.41) is 9.00. The van der Waals surface area contributed by atoms with Gasteiger partial charge in [0.15, 0.2) is 0 Å². The van der Waals surface area contributed by atoms with Crippen LogP contribution in [0.3, 0.4) is 0 Å². The summed E-state index contributed by atoms with van der Waals surface area (Å²) >= 11 is 0. The predicted octanol–water partition coefficient (Wildman–Crippen LogP) is 4.03. The second-order valence-corrected chi connectivity index (χ2v) is 8.70. The monoisotopic (exact) mass is 416 g/mol. The first-order valence-electron chi connectivity index (χ1n) is 9.48. The van der Waals surface area contributed by atoms with Gasteiger partial charge in [0.1, 0.15) is 5.82 Å². The van der Waals surface area contributed by atoms with Crippen LogP contribution in [0.5, 0.6) is 0 Å². The van der Waals surface area contributed by atoms with Gasteiger partial charge in [-0.1, -0.05) is 30.3 Å². The fourth-order valence-electron chi connectivity index (χ4n) is 3.41. The SMILES string of the molecule is Cn1c(CCc2cccc(NS(=O)(=O)c3cccc(C#N)c3)c2)nc2ccccc21. The van der Waals surface area contributed by atoms with Crippen LogP contribution in [0.1, 0.15) is 17.0 Å². The van der Waals surface area contributed by atoms with Gasteiger partial charge < -0.3 is 4.57 Å². The topological polar surface area (TPSA) is 87.8 Å². The zero-order chi connectivity index (χ0) is 21.1. The van der Waals surface area contributed by atoms with Crippen molar-refractivity contribution in [3.63, 3.8) is 0 Å². The third-order valence-corrected chi connectivity index (χ3v) is 6.35. The molecule has 0 aliphatic carbocycles. The summed E-state index contributed by atoms with van der Waals surface area (Å²) in [6.07, 6.45) is 1.47. The lowest BCUT2D eigenvalue weighted by Gasteiger charge is -2.10. The van der Waals surface area contributed by atoms with Crippen molar-refractivity contribution in [3.05, 3.63) is 89.7 Å². The Morgan fingerprint density at radius 3 is 2.60 bits per heavy atom. The molecule has 0 bridgehead atoms. The maximum absolute atomic E-state index is 12.7. The van der Waals surface area contributed by atoms with E-state index in [-0.39, 0.29) is 4.90 Å². The molecule has 0 spiro atoms. The van der Waals surface area contributed by atoms with E-state index in [1.807, 2.05) is 55.6 Å². The number of hydrogen-bond acceptors (Lipinski definition) is 4. The maximum atomic E-state index is 12.7. The predicted molar refractivity (Wildman–Crippen MR) is 117 cm³/mol. The van der Waals surface area contributed by atoms with Crippen LogP contribution in [0.15, 0.2) is 77.7 Å². The van der Waals surface area contributed by atoms with Crippen LogP contribution in [-0.4, -0.2) is 18.0 Å². The Bertz CT molecular complexity index is 1370. The molecule has 1 aromatic heterocycles. The van der Waals surface area contributed by atoms with E-state index in [9.17, 15) is 8.42 Å².